The van der Waals surface area contributed by atoms with Crippen molar-refractivity contribution in [2.45, 2.75) is 129 Å². The average Bonchev–Trinajstić information content (AvgIpc) is 3.17. The molecule has 2 aliphatic rings. The summed E-state index contributed by atoms with van der Waals surface area (Å²) < 4.78 is 0. The number of rotatable bonds is 15. The topological polar surface area (TPSA) is 12.9 Å². The van der Waals surface area contributed by atoms with Gasteiger partial charge in [0, 0.05) is 17.5 Å². The van der Waals surface area contributed by atoms with Gasteiger partial charge >= 0.3 is 0 Å². The fourth-order valence-electron chi connectivity index (χ4n) is 7.03. The first kappa shape index (κ1) is 27.9. The lowest BCUT2D eigenvalue weighted by Gasteiger charge is -2.39. The molecule has 1 nitrogen and oxygen atoms in total. The number of aryl methyl sites for hydroxylation is 2. The van der Waals surface area contributed by atoms with Crippen molar-refractivity contribution in [3.05, 3.63) is 82.7 Å². The number of fused-ring (bicyclic) bond motifs is 3. The van der Waals surface area contributed by atoms with Crippen molar-refractivity contribution < 1.29 is 0 Å². The predicted molar refractivity (Wildman–Crippen MR) is 161 cm³/mol. The molecular weight excluding hydrogens is 446 g/mol. The average molecular weight is 498 g/mol. The molecule has 1 aromatic carbocycles. The van der Waals surface area contributed by atoms with Crippen LogP contribution in [0.15, 0.2) is 54.8 Å². The van der Waals surface area contributed by atoms with Gasteiger partial charge in [0.2, 0.25) is 0 Å². The zero-order valence-electron chi connectivity index (χ0n) is 24.2. The molecule has 1 heterocycles. The Labute approximate surface area is 227 Å². The van der Waals surface area contributed by atoms with Crippen LogP contribution in [-0.4, -0.2) is 4.98 Å². The number of unbranched alkanes of at least 4 members (excludes halogenated alkanes) is 10. The first-order chi connectivity index (χ1) is 18.1. The smallest absolute Gasteiger partial charge is 0.0698 e. The molecule has 0 fully saturated rings. The molecule has 0 saturated heterocycles. The maximum absolute atomic E-state index is 4.82. The fourth-order valence-corrected chi connectivity index (χ4v) is 7.03. The van der Waals surface area contributed by atoms with Gasteiger partial charge in [-0.2, -0.15) is 0 Å². The largest absolute Gasteiger partial charge is 0.256 e. The second kappa shape index (κ2) is 13.6. The summed E-state index contributed by atoms with van der Waals surface area (Å²) in [5.41, 5.74) is 8.61. The van der Waals surface area contributed by atoms with Crippen LogP contribution in [0, 0.1) is 19.8 Å². The van der Waals surface area contributed by atoms with Gasteiger partial charge in [-0.15, -0.1) is 0 Å². The summed E-state index contributed by atoms with van der Waals surface area (Å²) in [7, 11) is 0. The Hall–Kier alpha value is -2.15. The van der Waals surface area contributed by atoms with E-state index < -0.39 is 0 Å². The van der Waals surface area contributed by atoms with E-state index in [1.807, 2.05) is 6.20 Å². The second-order valence-electron chi connectivity index (χ2n) is 12.0. The van der Waals surface area contributed by atoms with Gasteiger partial charge in [0.25, 0.3) is 0 Å². The minimum absolute atomic E-state index is 0.252. The second-order valence-corrected chi connectivity index (χ2v) is 12.0. The molecule has 2 atom stereocenters. The molecular formula is C36H51N. The van der Waals surface area contributed by atoms with Gasteiger partial charge in [-0.05, 0) is 60.9 Å². The first-order valence-electron chi connectivity index (χ1n) is 15.5. The molecule has 2 unspecified atom stereocenters. The molecule has 2 aromatic rings. The maximum Gasteiger partial charge on any atom is 0.0698 e. The van der Waals surface area contributed by atoms with E-state index >= 15 is 0 Å². The van der Waals surface area contributed by atoms with Gasteiger partial charge in [0.05, 0.1) is 5.69 Å². The Morgan fingerprint density at radius 1 is 0.730 bits per heavy atom. The van der Waals surface area contributed by atoms with Crippen LogP contribution in [0.25, 0.3) is 5.57 Å². The van der Waals surface area contributed by atoms with Gasteiger partial charge in [0.15, 0.2) is 0 Å². The molecule has 0 radical (unpaired) electrons. The summed E-state index contributed by atoms with van der Waals surface area (Å²) in [5, 5.41) is 0. The molecule has 1 aromatic heterocycles. The molecule has 0 N–H and O–H groups in total. The highest BCUT2D eigenvalue weighted by Gasteiger charge is 2.50. The molecule has 37 heavy (non-hydrogen) atoms. The van der Waals surface area contributed by atoms with E-state index in [1.54, 1.807) is 11.1 Å². The van der Waals surface area contributed by atoms with Gasteiger partial charge < -0.3 is 0 Å². The summed E-state index contributed by atoms with van der Waals surface area (Å²) in [6.45, 7) is 9.05. The van der Waals surface area contributed by atoms with Crippen LogP contribution in [0.5, 0.6) is 0 Å². The SMILES string of the molecule is CCCCCCCCC1(CCCCCCCC)c2cc(C)ccc2C2C=CC(c3ccc(C)cn3)=CC21. The molecule has 0 spiro atoms. The molecule has 0 amide bonds. The van der Waals surface area contributed by atoms with Crippen LogP contribution in [0.2, 0.25) is 0 Å². The Bertz CT molecular complexity index is 1020. The van der Waals surface area contributed by atoms with Crippen molar-refractivity contribution in [2.24, 2.45) is 5.92 Å². The van der Waals surface area contributed by atoms with Gasteiger partial charge in [-0.3, -0.25) is 4.98 Å². The van der Waals surface area contributed by atoms with E-state index in [0.29, 0.717) is 11.8 Å². The van der Waals surface area contributed by atoms with E-state index in [4.69, 9.17) is 4.98 Å². The van der Waals surface area contributed by atoms with Crippen LogP contribution in [-0.2, 0) is 5.41 Å². The highest BCUT2D eigenvalue weighted by Crippen LogP contribution is 2.58. The lowest BCUT2D eigenvalue weighted by Crippen LogP contribution is -2.33. The Balaban J connectivity index is 1.64. The Morgan fingerprint density at radius 3 is 1.97 bits per heavy atom. The molecule has 4 rings (SSSR count). The van der Waals surface area contributed by atoms with E-state index in [9.17, 15) is 0 Å². The highest BCUT2D eigenvalue weighted by molar-refractivity contribution is 5.75. The number of hydrogen-bond acceptors (Lipinski definition) is 1. The third-order valence-electron chi connectivity index (χ3n) is 9.13. The van der Waals surface area contributed by atoms with Crippen LogP contribution in [0.3, 0.4) is 0 Å². The number of aromatic nitrogens is 1. The van der Waals surface area contributed by atoms with Crippen molar-refractivity contribution in [1.29, 1.82) is 0 Å². The van der Waals surface area contributed by atoms with E-state index in [1.165, 1.54) is 107 Å². The normalized spacial score (nSPS) is 19.5. The molecule has 200 valence electrons. The van der Waals surface area contributed by atoms with Crippen molar-refractivity contribution in [3.63, 3.8) is 0 Å². The molecule has 0 saturated carbocycles. The third kappa shape index (κ3) is 6.65. The third-order valence-corrected chi connectivity index (χ3v) is 9.13. The van der Waals surface area contributed by atoms with Crippen molar-refractivity contribution in [1.82, 2.24) is 4.98 Å². The minimum Gasteiger partial charge on any atom is -0.256 e. The van der Waals surface area contributed by atoms with Crippen LogP contribution < -0.4 is 0 Å². The first-order valence-corrected chi connectivity index (χ1v) is 15.5. The molecule has 0 aliphatic heterocycles. The van der Waals surface area contributed by atoms with Crippen molar-refractivity contribution >= 4 is 5.57 Å². The van der Waals surface area contributed by atoms with Gasteiger partial charge in [-0.25, -0.2) is 0 Å². The standard InChI is InChI=1S/C36H51N/c1-5-7-9-11-13-15-23-36(24-16-14-12-10-8-6-2)33-25-28(3)17-20-31(33)32-21-19-30(26-34(32)36)35-22-18-29(4)27-37-35/h17-22,25-27,32,34H,5-16,23-24H2,1-4H3. The van der Waals surface area contributed by atoms with Crippen molar-refractivity contribution in [3.8, 4) is 0 Å². The van der Waals surface area contributed by atoms with Gasteiger partial charge in [0.1, 0.15) is 0 Å². The van der Waals surface area contributed by atoms with Crippen LogP contribution >= 0.6 is 0 Å². The van der Waals surface area contributed by atoms with E-state index in [0.717, 1.165) is 5.69 Å². The lowest BCUT2D eigenvalue weighted by molar-refractivity contribution is 0.264. The summed E-state index contributed by atoms with van der Waals surface area (Å²) in [6.07, 6.45) is 28.6. The summed E-state index contributed by atoms with van der Waals surface area (Å²) >= 11 is 0. The molecule has 1 heteroatoms. The lowest BCUT2D eigenvalue weighted by atomic mass is 9.65. The molecule has 0 bridgehead atoms. The summed E-state index contributed by atoms with van der Waals surface area (Å²) in [5.74, 6) is 1.05. The molecule has 2 aliphatic carbocycles. The minimum atomic E-state index is 0.252. The predicted octanol–water partition coefficient (Wildman–Crippen LogP) is 10.8. The van der Waals surface area contributed by atoms with E-state index in [-0.39, 0.29) is 5.41 Å². The zero-order valence-corrected chi connectivity index (χ0v) is 24.2. The Morgan fingerprint density at radius 2 is 1.35 bits per heavy atom. The number of pyridine rings is 1. The summed E-state index contributed by atoms with van der Waals surface area (Å²) in [6, 6.07) is 11.8. The fraction of sp³-hybridized carbons (Fsp3) is 0.583. The zero-order chi connectivity index (χ0) is 26.1. The Kier molecular flexibility index (Phi) is 10.2. The van der Waals surface area contributed by atoms with Gasteiger partial charge in [-0.1, -0.05) is 139 Å². The van der Waals surface area contributed by atoms with Crippen LogP contribution in [0.1, 0.15) is 138 Å². The number of allylic oxidation sites excluding steroid dienone is 4. The maximum atomic E-state index is 4.82. The van der Waals surface area contributed by atoms with E-state index in [2.05, 4.69) is 76.3 Å². The number of nitrogens with zero attached hydrogens (tertiary/aromatic N) is 1. The quantitative estimate of drug-likeness (QED) is 0.223. The number of hydrogen-bond donors (Lipinski definition) is 0. The summed E-state index contributed by atoms with van der Waals surface area (Å²) in [4.78, 5) is 4.82. The monoisotopic (exact) mass is 497 g/mol. The highest BCUT2D eigenvalue weighted by atomic mass is 14.7. The van der Waals surface area contributed by atoms with Crippen LogP contribution in [0.4, 0.5) is 0 Å². The van der Waals surface area contributed by atoms with Crippen molar-refractivity contribution in [2.75, 3.05) is 0 Å². The number of benzene rings is 1.